The van der Waals surface area contributed by atoms with Gasteiger partial charge in [-0.05, 0) is 43.0 Å². The van der Waals surface area contributed by atoms with Crippen LogP contribution in [0.5, 0.6) is 0 Å². The Kier molecular flexibility index (Phi) is 3.68. The molecule has 1 unspecified atom stereocenters. The highest BCUT2D eigenvalue weighted by molar-refractivity contribution is 5.93. The fraction of sp³-hybridized carbons (Fsp3) is 0.235. The maximum Gasteiger partial charge on any atom is 0.103 e. The molecule has 20 heavy (non-hydrogen) atoms. The monoisotopic (exact) mass is 266 g/mol. The van der Waals surface area contributed by atoms with E-state index in [-0.39, 0.29) is 0 Å². The number of pyridine rings is 1. The minimum atomic E-state index is 0.380. The average molecular weight is 266 g/mol. The van der Waals surface area contributed by atoms with Gasteiger partial charge in [0.15, 0.2) is 0 Å². The van der Waals surface area contributed by atoms with Crippen molar-refractivity contribution in [3.05, 3.63) is 60.8 Å². The van der Waals surface area contributed by atoms with Gasteiger partial charge in [-0.1, -0.05) is 12.1 Å². The van der Waals surface area contributed by atoms with Crippen molar-refractivity contribution in [2.45, 2.75) is 25.8 Å². The predicted octanol–water partition coefficient (Wildman–Crippen LogP) is 4.26. The van der Waals surface area contributed by atoms with Crippen LogP contribution < -0.4 is 5.32 Å². The van der Waals surface area contributed by atoms with Crippen molar-refractivity contribution < 1.29 is 4.42 Å². The van der Waals surface area contributed by atoms with Crippen molar-refractivity contribution in [1.82, 2.24) is 4.98 Å². The normalized spacial score (nSPS) is 12.4. The van der Waals surface area contributed by atoms with E-state index >= 15 is 0 Å². The molecule has 0 saturated carbocycles. The standard InChI is InChI=1S/C17H18N2O/c1-13(7-8-15-5-3-11-20-15)19-17-6-2-4-14-9-10-18-12-16(14)17/h2-6,9-13,19H,7-8H2,1H3. The molecule has 0 aliphatic rings. The van der Waals surface area contributed by atoms with E-state index in [0.29, 0.717) is 6.04 Å². The summed E-state index contributed by atoms with van der Waals surface area (Å²) >= 11 is 0. The summed E-state index contributed by atoms with van der Waals surface area (Å²) in [4.78, 5) is 4.21. The van der Waals surface area contributed by atoms with Crippen LogP contribution >= 0.6 is 0 Å². The molecule has 1 aromatic carbocycles. The summed E-state index contributed by atoms with van der Waals surface area (Å²) in [5.74, 6) is 1.04. The second-order valence-corrected chi connectivity index (χ2v) is 5.07. The Bertz CT molecular complexity index is 671. The maximum atomic E-state index is 5.37. The fourth-order valence-corrected chi connectivity index (χ4v) is 2.39. The first-order valence-electron chi connectivity index (χ1n) is 6.94. The minimum absolute atomic E-state index is 0.380. The van der Waals surface area contributed by atoms with E-state index in [1.54, 1.807) is 6.26 Å². The Hall–Kier alpha value is -2.29. The largest absolute Gasteiger partial charge is 0.469 e. The third kappa shape index (κ3) is 2.82. The summed E-state index contributed by atoms with van der Waals surface area (Å²) in [5.41, 5.74) is 1.14. The number of aryl methyl sites for hydroxylation is 1. The lowest BCUT2D eigenvalue weighted by Gasteiger charge is -2.16. The van der Waals surface area contributed by atoms with Crippen molar-refractivity contribution in [3.63, 3.8) is 0 Å². The number of furan rings is 1. The number of hydrogen-bond donors (Lipinski definition) is 1. The van der Waals surface area contributed by atoms with Crippen molar-refractivity contribution in [3.8, 4) is 0 Å². The van der Waals surface area contributed by atoms with E-state index in [1.807, 2.05) is 30.6 Å². The van der Waals surface area contributed by atoms with Gasteiger partial charge in [0.05, 0.1) is 6.26 Å². The zero-order valence-corrected chi connectivity index (χ0v) is 11.5. The highest BCUT2D eigenvalue weighted by Gasteiger charge is 2.06. The number of nitrogens with one attached hydrogen (secondary N) is 1. The number of aromatic nitrogens is 1. The van der Waals surface area contributed by atoms with Gasteiger partial charge in [-0.2, -0.15) is 0 Å². The molecule has 0 fully saturated rings. The van der Waals surface area contributed by atoms with Gasteiger partial charge in [-0.25, -0.2) is 0 Å². The van der Waals surface area contributed by atoms with Crippen molar-refractivity contribution >= 4 is 16.5 Å². The Morgan fingerprint density at radius 1 is 1.20 bits per heavy atom. The molecule has 102 valence electrons. The molecule has 3 heteroatoms. The molecule has 0 spiro atoms. The first kappa shape index (κ1) is 12.7. The van der Waals surface area contributed by atoms with Gasteiger partial charge in [0.2, 0.25) is 0 Å². The lowest BCUT2D eigenvalue weighted by molar-refractivity contribution is 0.495. The summed E-state index contributed by atoms with van der Waals surface area (Å²) in [6.07, 6.45) is 7.45. The van der Waals surface area contributed by atoms with Crippen LogP contribution in [0.3, 0.4) is 0 Å². The Morgan fingerprint density at radius 3 is 3.00 bits per heavy atom. The molecule has 0 radical (unpaired) electrons. The predicted molar refractivity (Wildman–Crippen MR) is 81.9 cm³/mol. The Balaban J connectivity index is 1.69. The Labute approximate surface area is 118 Å². The molecule has 2 aromatic heterocycles. The van der Waals surface area contributed by atoms with Crippen LogP contribution in [0.25, 0.3) is 10.8 Å². The Morgan fingerprint density at radius 2 is 2.15 bits per heavy atom. The maximum absolute atomic E-state index is 5.37. The molecule has 1 atom stereocenters. The number of nitrogens with zero attached hydrogens (tertiary/aromatic N) is 1. The third-order valence-electron chi connectivity index (χ3n) is 3.49. The van der Waals surface area contributed by atoms with Gasteiger partial charge in [-0.15, -0.1) is 0 Å². The fourth-order valence-electron chi connectivity index (χ4n) is 2.39. The summed E-state index contributed by atoms with van der Waals surface area (Å²) in [6.45, 7) is 2.19. The van der Waals surface area contributed by atoms with Gasteiger partial charge in [-0.3, -0.25) is 4.98 Å². The minimum Gasteiger partial charge on any atom is -0.469 e. The SMILES string of the molecule is CC(CCc1ccco1)Nc1cccc2ccncc12. The summed E-state index contributed by atoms with van der Waals surface area (Å²) in [5, 5.41) is 5.94. The molecular weight excluding hydrogens is 248 g/mol. The van der Waals surface area contributed by atoms with Crippen LogP contribution in [0.15, 0.2) is 59.5 Å². The van der Waals surface area contributed by atoms with Crippen LogP contribution in [0, 0.1) is 0 Å². The number of rotatable bonds is 5. The number of benzene rings is 1. The number of fused-ring (bicyclic) bond motifs is 1. The van der Waals surface area contributed by atoms with Crippen molar-refractivity contribution in [2.75, 3.05) is 5.32 Å². The van der Waals surface area contributed by atoms with Crippen LogP contribution in [-0.2, 0) is 6.42 Å². The molecule has 3 rings (SSSR count). The lowest BCUT2D eigenvalue weighted by Crippen LogP contribution is -2.16. The molecule has 3 aromatic rings. The summed E-state index contributed by atoms with van der Waals surface area (Å²) < 4.78 is 5.37. The molecule has 0 saturated heterocycles. The summed E-state index contributed by atoms with van der Waals surface area (Å²) in [7, 11) is 0. The molecule has 1 N–H and O–H groups in total. The van der Waals surface area contributed by atoms with E-state index in [9.17, 15) is 0 Å². The van der Waals surface area contributed by atoms with Gasteiger partial charge in [0.25, 0.3) is 0 Å². The van der Waals surface area contributed by atoms with Gasteiger partial charge >= 0.3 is 0 Å². The topological polar surface area (TPSA) is 38.1 Å². The lowest BCUT2D eigenvalue weighted by atomic mass is 10.1. The van der Waals surface area contributed by atoms with E-state index < -0.39 is 0 Å². The molecule has 2 heterocycles. The summed E-state index contributed by atoms with van der Waals surface area (Å²) in [6, 6.07) is 12.7. The second-order valence-electron chi connectivity index (χ2n) is 5.07. The quantitative estimate of drug-likeness (QED) is 0.749. The van der Waals surface area contributed by atoms with E-state index in [2.05, 4.69) is 35.4 Å². The van der Waals surface area contributed by atoms with E-state index in [1.165, 1.54) is 10.8 Å². The third-order valence-corrected chi connectivity index (χ3v) is 3.49. The molecule has 0 aliphatic heterocycles. The van der Waals surface area contributed by atoms with E-state index in [0.717, 1.165) is 24.3 Å². The van der Waals surface area contributed by atoms with Gasteiger partial charge in [0, 0.05) is 35.9 Å². The molecule has 3 nitrogen and oxygen atoms in total. The highest BCUT2D eigenvalue weighted by atomic mass is 16.3. The van der Waals surface area contributed by atoms with Gasteiger partial charge in [0.1, 0.15) is 5.76 Å². The molecule has 0 amide bonds. The first-order valence-corrected chi connectivity index (χ1v) is 6.94. The van der Waals surface area contributed by atoms with Crippen LogP contribution in [0.2, 0.25) is 0 Å². The smallest absolute Gasteiger partial charge is 0.103 e. The molecule has 0 aliphatic carbocycles. The van der Waals surface area contributed by atoms with Crippen LogP contribution in [-0.4, -0.2) is 11.0 Å². The van der Waals surface area contributed by atoms with Crippen LogP contribution in [0.1, 0.15) is 19.1 Å². The van der Waals surface area contributed by atoms with Gasteiger partial charge < -0.3 is 9.73 Å². The molecule has 0 bridgehead atoms. The first-order chi connectivity index (χ1) is 9.83. The number of hydrogen-bond acceptors (Lipinski definition) is 3. The van der Waals surface area contributed by atoms with Crippen molar-refractivity contribution in [1.29, 1.82) is 0 Å². The zero-order chi connectivity index (χ0) is 13.8. The second kappa shape index (κ2) is 5.78. The highest BCUT2D eigenvalue weighted by Crippen LogP contribution is 2.23. The van der Waals surface area contributed by atoms with E-state index in [4.69, 9.17) is 4.42 Å². The van der Waals surface area contributed by atoms with Crippen molar-refractivity contribution in [2.24, 2.45) is 0 Å². The zero-order valence-electron chi connectivity index (χ0n) is 11.5. The average Bonchev–Trinajstić information content (AvgIpc) is 2.99. The molecular formula is C17H18N2O. The van der Waals surface area contributed by atoms with Crippen LogP contribution in [0.4, 0.5) is 5.69 Å². The number of anilines is 1.